The van der Waals surface area contributed by atoms with Crippen LogP contribution in [0.1, 0.15) is 16.7 Å². The van der Waals surface area contributed by atoms with E-state index in [0.29, 0.717) is 10.2 Å². The third-order valence-electron chi connectivity index (χ3n) is 5.16. The molecule has 4 rings (SSSR count). The molecule has 2 heterocycles. The van der Waals surface area contributed by atoms with Gasteiger partial charge in [-0.25, -0.2) is 4.98 Å². The molecule has 2 aromatic carbocycles. The van der Waals surface area contributed by atoms with E-state index in [1.807, 2.05) is 36.6 Å². The van der Waals surface area contributed by atoms with Crippen LogP contribution in [0.3, 0.4) is 0 Å². The molecular formula is C23H20IN3O2S. The summed E-state index contributed by atoms with van der Waals surface area (Å²) in [5.41, 5.74) is 5.74. The molecule has 7 heteroatoms. The van der Waals surface area contributed by atoms with Gasteiger partial charge in [0.1, 0.15) is 11.4 Å². The number of aromatic nitrogens is 2. The Bertz CT molecular complexity index is 1340. The average molecular weight is 529 g/mol. The van der Waals surface area contributed by atoms with E-state index in [1.165, 1.54) is 33.4 Å². The first kappa shape index (κ1) is 20.7. The number of halogens is 1. The van der Waals surface area contributed by atoms with Crippen molar-refractivity contribution in [1.82, 2.24) is 9.55 Å². The smallest absolute Gasteiger partial charge is 0.263 e. The molecule has 2 aromatic heterocycles. The number of nitrogens with zero attached hydrogens (tertiary/aromatic N) is 2. The molecule has 0 spiro atoms. The van der Waals surface area contributed by atoms with Gasteiger partial charge in [-0.1, -0.05) is 18.2 Å². The molecule has 0 atom stereocenters. The average Bonchev–Trinajstić information content (AvgIpc) is 3.13. The number of amides is 1. The second-order valence-electron chi connectivity index (χ2n) is 7.31. The van der Waals surface area contributed by atoms with Crippen molar-refractivity contribution >= 4 is 55.7 Å². The van der Waals surface area contributed by atoms with E-state index in [4.69, 9.17) is 0 Å². The number of carbonyl (C=O) groups excluding carboxylic acids is 1. The lowest BCUT2D eigenvalue weighted by atomic mass is 10.0. The van der Waals surface area contributed by atoms with Crippen molar-refractivity contribution in [3.05, 3.63) is 78.7 Å². The van der Waals surface area contributed by atoms with Crippen LogP contribution in [0.15, 0.2) is 52.9 Å². The Hall–Kier alpha value is -2.52. The Balaban J connectivity index is 1.67. The van der Waals surface area contributed by atoms with Crippen LogP contribution < -0.4 is 10.9 Å². The third-order valence-corrected chi connectivity index (χ3v) is 6.71. The van der Waals surface area contributed by atoms with Crippen molar-refractivity contribution in [3.63, 3.8) is 0 Å². The number of nitrogens with one attached hydrogen (secondary N) is 1. The number of rotatable bonds is 4. The quantitative estimate of drug-likeness (QED) is 0.366. The summed E-state index contributed by atoms with van der Waals surface area (Å²) in [4.78, 5) is 30.9. The summed E-state index contributed by atoms with van der Waals surface area (Å²) in [6.07, 6.45) is 1.45. The van der Waals surface area contributed by atoms with E-state index in [0.717, 1.165) is 25.9 Å². The standard InChI is InChI=1S/C23H20IN3O2S/c1-13-4-5-16(8-14(13)2)18-11-30-22-21(18)23(29)27(12-25-22)10-20(28)26-19-7-6-17(24)9-15(19)3/h4-9,11-12H,10H2,1-3H3,(H,26,28). The number of carbonyl (C=O) groups is 1. The second kappa shape index (κ2) is 8.31. The Morgan fingerprint density at radius 2 is 1.90 bits per heavy atom. The maximum Gasteiger partial charge on any atom is 0.263 e. The molecule has 0 unspecified atom stereocenters. The molecule has 0 saturated heterocycles. The maximum atomic E-state index is 13.2. The maximum absolute atomic E-state index is 13.2. The van der Waals surface area contributed by atoms with Crippen molar-refractivity contribution in [3.8, 4) is 11.1 Å². The summed E-state index contributed by atoms with van der Waals surface area (Å²) in [5, 5.41) is 5.41. The number of anilines is 1. The van der Waals surface area contributed by atoms with Crippen LogP contribution >= 0.6 is 33.9 Å². The Kier molecular flexibility index (Phi) is 5.75. The van der Waals surface area contributed by atoms with Gasteiger partial charge in [-0.2, -0.15) is 0 Å². The lowest BCUT2D eigenvalue weighted by Gasteiger charge is -2.10. The molecule has 1 amide bonds. The van der Waals surface area contributed by atoms with Crippen LogP contribution in [0.2, 0.25) is 0 Å². The van der Waals surface area contributed by atoms with Crippen LogP contribution in [0.5, 0.6) is 0 Å². The van der Waals surface area contributed by atoms with Gasteiger partial charge >= 0.3 is 0 Å². The van der Waals surface area contributed by atoms with Crippen LogP contribution in [-0.2, 0) is 11.3 Å². The van der Waals surface area contributed by atoms with Crippen molar-refractivity contribution in [2.75, 3.05) is 5.32 Å². The minimum Gasteiger partial charge on any atom is -0.324 e. The Morgan fingerprint density at radius 3 is 2.63 bits per heavy atom. The minimum atomic E-state index is -0.259. The summed E-state index contributed by atoms with van der Waals surface area (Å²) in [6.45, 7) is 5.97. The van der Waals surface area contributed by atoms with Gasteiger partial charge in [-0.15, -0.1) is 11.3 Å². The van der Waals surface area contributed by atoms with Gasteiger partial charge in [-0.3, -0.25) is 14.2 Å². The number of hydrogen-bond donors (Lipinski definition) is 1. The summed E-state index contributed by atoms with van der Waals surface area (Å²) in [5.74, 6) is -0.259. The number of aryl methyl sites for hydroxylation is 3. The molecule has 5 nitrogen and oxygen atoms in total. The minimum absolute atomic E-state index is 0.0879. The zero-order valence-corrected chi connectivity index (χ0v) is 19.8. The molecule has 1 N–H and O–H groups in total. The SMILES string of the molecule is Cc1ccc(-c2csc3ncn(CC(=O)Nc4ccc(I)cc4C)c(=O)c23)cc1C. The van der Waals surface area contributed by atoms with Gasteiger partial charge in [0.05, 0.1) is 11.7 Å². The number of benzene rings is 2. The van der Waals surface area contributed by atoms with Crippen molar-refractivity contribution in [2.24, 2.45) is 0 Å². The molecule has 152 valence electrons. The zero-order chi connectivity index (χ0) is 21.4. The van der Waals surface area contributed by atoms with Gasteiger partial charge in [0.25, 0.3) is 5.56 Å². The van der Waals surface area contributed by atoms with Crippen LogP contribution in [-0.4, -0.2) is 15.5 Å². The highest BCUT2D eigenvalue weighted by molar-refractivity contribution is 14.1. The van der Waals surface area contributed by atoms with Crippen molar-refractivity contribution < 1.29 is 4.79 Å². The first-order valence-electron chi connectivity index (χ1n) is 9.44. The second-order valence-corrected chi connectivity index (χ2v) is 9.42. The monoisotopic (exact) mass is 529 g/mol. The van der Waals surface area contributed by atoms with Crippen LogP contribution in [0.25, 0.3) is 21.3 Å². The molecule has 0 fully saturated rings. The number of thiophene rings is 1. The summed E-state index contributed by atoms with van der Waals surface area (Å²) in [6, 6.07) is 12.0. The summed E-state index contributed by atoms with van der Waals surface area (Å²) in [7, 11) is 0. The molecule has 0 bridgehead atoms. The molecule has 0 saturated carbocycles. The Labute approximate surface area is 191 Å². The van der Waals surface area contributed by atoms with E-state index in [1.54, 1.807) is 0 Å². The molecular weight excluding hydrogens is 509 g/mol. The first-order valence-corrected chi connectivity index (χ1v) is 11.4. The van der Waals surface area contributed by atoms with Crippen LogP contribution in [0, 0.1) is 24.3 Å². The third kappa shape index (κ3) is 4.04. The fourth-order valence-electron chi connectivity index (χ4n) is 3.31. The first-order chi connectivity index (χ1) is 14.3. The number of hydrogen-bond acceptors (Lipinski definition) is 4. The largest absolute Gasteiger partial charge is 0.324 e. The van der Waals surface area contributed by atoms with Gasteiger partial charge in [0.15, 0.2) is 0 Å². The highest BCUT2D eigenvalue weighted by Gasteiger charge is 2.15. The molecule has 4 aromatic rings. The van der Waals surface area contributed by atoms with Gasteiger partial charge in [0.2, 0.25) is 5.91 Å². The predicted octanol–water partition coefficient (Wildman–Crippen LogP) is 5.29. The fraction of sp³-hybridized carbons (Fsp3) is 0.174. The van der Waals surface area contributed by atoms with Gasteiger partial charge < -0.3 is 5.32 Å². The van der Waals surface area contributed by atoms with Gasteiger partial charge in [-0.05, 0) is 83.8 Å². The lowest BCUT2D eigenvalue weighted by molar-refractivity contribution is -0.116. The predicted molar refractivity (Wildman–Crippen MR) is 131 cm³/mol. The lowest BCUT2D eigenvalue weighted by Crippen LogP contribution is -2.28. The highest BCUT2D eigenvalue weighted by atomic mass is 127. The highest BCUT2D eigenvalue weighted by Crippen LogP contribution is 2.31. The van der Waals surface area contributed by atoms with Crippen LogP contribution in [0.4, 0.5) is 5.69 Å². The topological polar surface area (TPSA) is 64.0 Å². The molecule has 0 aliphatic carbocycles. The van der Waals surface area contributed by atoms with E-state index >= 15 is 0 Å². The van der Waals surface area contributed by atoms with Gasteiger partial charge in [0, 0.05) is 20.2 Å². The Morgan fingerprint density at radius 1 is 1.10 bits per heavy atom. The van der Waals surface area contributed by atoms with E-state index in [9.17, 15) is 9.59 Å². The van der Waals surface area contributed by atoms with E-state index < -0.39 is 0 Å². The van der Waals surface area contributed by atoms with E-state index in [2.05, 4.69) is 58.9 Å². The van der Waals surface area contributed by atoms with Crippen molar-refractivity contribution in [1.29, 1.82) is 0 Å². The zero-order valence-electron chi connectivity index (χ0n) is 16.8. The normalized spacial score (nSPS) is 11.1. The molecule has 30 heavy (non-hydrogen) atoms. The number of fused-ring (bicyclic) bond motifs is 1. The molecule has 0 radical (unpaired) electrons. The van der Waals surface area contributed by atoms with E-state index in [-0.39, 0.29) is 18.0 Å². The summed E-state index contributed by atoms with van der Waals surface area (Å²) < 4.78 is 2.47. The molecule has 0 aliphatic rings. The van der Waals surface area contributed by atoms with Crippen molar-refractivity contribution in [2.45, 2.75) is 27.3 Å². The molecule has 0 aliphatic heterocycles. The summed E-state index contributed by atoms with van der Waals surface area (Å²) >= 11 is 3.67. The fourth-order valence-corrected chi connectivity index (χ4v) is 4.87.